The monoisotopic (exact) mass is 260 g/mol. The minimum Gasteiger partial charge on any atom is -0.300 e. The van der Waals surface area contributed by atoms with Crippen molar-refractivity contribution >= 4 is 17.7 Å². The van der Waals surface area contributed by atoms with Crippen molar-refractivity contribution in [1.29, 1.82) is 0 Å². The summed E-state index contributed by atoms with van der Waals surface area (Å²) in [5.74, 6) is 0.810. The topological polar surface area (TPSA) is 63.8 Å². The number of aromatic nitrogens is 6. The molecular weight excluding hydrogens is 248 g/mol. The summed E-state index contributed by atoms with van der Waals surface area (Å²) in [7, 11) is 0. The van der Waals surface area contributed by atoms with Gasteiger partial charge in [0.15, 0.2) is 10.6 Å². The molecule has 0 amide bonds. The molecule has 0 bridgehead atoms. The molecule has 7 heteroatoms. The average Bonchev–Trinajstić information content (AvgIpc) is 2.95. The van der Waals surface area contributed by atoms with Crippen LogP contribution in [0.2, 0.25) is 0 Å². The summed E-state index contributed by atoms with van der Waals surface area (Å²) < 4.78 is 4.39. The Morgan fingerprint density at radius 1 is 1.39 bits per heavy atom. The Balaban J connectivity index is 2.23. The van der Waals surface area contributed by atoms with Crippen LogP contribution in [0, 0.1) is 4.77 Å². The van der Waals surface area contributed by atoms with Crippen LogP contribution < -0.4 is 0 Å². The number of rotatable bonds is 3. The average molecular weight is 260 g/mol. The molecule has 0 fully saturated rings. The van der Waals surface area contributed by atoms with Gasteiger partial charge in [-0.1, -0.05) is 6.92 Å². The first-order valence-corrected chi connectivity index (χ1v) is 6.15. The molecule has 3 aromatic heterocycles. The summed E-state index contributed by atoms with van der Waals surface area (Å²) in [6.07, 6.45) is 8.07. The standard InChI is InChI=1S/C11H12N6S/c1-2-4-16-10(14-15-11(16)18)8-6-13-17-5-3-12-7-9(8)17/h3,5-7H,2,4H2,1H3,(H,15,18). The highest BCUT2D eigenvalue weighted by molar-refractivity contribution is 7.71. The van der Waals surface area contributed by atoms with Gasteiger partial charge in [0.25, 0.3) is 0 Å². The Bertz CT molecular complexity index is 737. The first kappa shape index (κ1) is 11.1. The van der Waals surface area contributed by atoms with E-state index >= 15 is 0 Å². The largest absolute Gasteiger partial charge is 0.300 e. The molecule has 0 atom stereocenters. The summed E-state index contributed by atoms with van der Waals surface area (Å²) >= 11 is 5.24. The molecule has 0 saturated heterocycles. The van der Waals surface area contributed by atoms with Gasteiger partial charge in [0.1, 0.15) is 0 Å². The van der Waals surface area contributed by atoms with E-state index in [0.29, 0.717) is 4.77 Å². The SMILES string of the molecule is CCCn1c(-c2cnn3ccncc23)n[nH]c1=S. The van der Waals surface area contributed by atoms with Crippen LogP contribution in [0.4, 0.5) is 0 Å². The van der Waals surface area contributed by atoms with Crippen LogP contribution in [0.3, 0.4) is 0 Å². The summed E-state index contributed by atoms with van der Waals surface area (Å²) in [5.41, 5.74) is 1.85. The van der Waals surface area contributed by atoms with Crippen molar-refractivity contribution < 1.29 is 0 Å². The molecule has 0 aromatic carbocycles. The summed E-state index contributed by atoms with van der Waals surface area (Å²) in [6.45, 7) is 2.94. The fourth-order valence-corrected chi connectivity index (χ4v) is 2.18. The summed E-state index contributed by atoms with van der Waals surface area (Å²) in [4.78, 5) is 4.12. The minimum absolute atomic E-state index is 0.634. The smallest absolute Gasteiger partial charge is 0.195 e. The molecule has 3 heterocycles. The number of hydrogen-bond donors (Lipinski definition) is 1. The molecule has 0 saturated carbocycles. The van der Waals surface area contributed by atoms with Crippen LogP contribution in [0.15, 0.2) is 24.8 Å². The molecule has 92 valence electrons. The van der Waals surface area contributed by atoms with E-state index in [1.165, 1.54) is 0 Å². The fourth-order valence-electron chi connectivity index (χ4n) is 1.96. The van der Waals surface area contributed by atoms with Crippen LogP contribution in [-0.2, 0) is 6.54 Å². The molecule has 0 aliphatic rings. The molecule has 3 aromatic rings. The molecule has 0 unspecified atom stereocenters. The van der Waals surface area contributed by atoms with E-state index in [1.54, 1.807) is 23.1 Å². The number of aromatic amines is 1. The zero-order valence-corrected chi connectivity index (χ0v) is 10.7. The van der Waals surface area contributed by atoms with Gasteiger partial charge in [0.05, 0.1) is 23.5 Å². The van der Waals surface area contributed by atoms with Crippen molar-refractivity contribution in [3.05, 3.63) is 29.6 Å². The van der Waals surface area contributed by atoms with Crippen LogP contribution in [0.25, 0.3) is 16.9 Å². The molecular formula is C11H12N6S. The van der Waals surface area contributed by atoms with Crippen LogP contribution in [0.1, 0.15) is 13.3 Å². The third-order valence-corrected chi connectivity index (χ3v) is 3.08. The normalized spacial score (nSPS) is 11.2. The maximum absolute atomic E-state index is 5.24. The summed E-state index contributed by atoms with van der Waals surface area (Å²) in [6, 6.07) is 0. The maximum atomic E-state index is 5.24. The van der Waals surface area contributed by atoms with Crippen molar-refractivity contribution in [2.45, 2.75) is 19.9 Å². The van der Waals surface area contributed by atoms with Gasteiger partial charge >= 0.3 is 0 Å². The molecule has 0 radical (unpaired) electrons. The number of nitrogens with zero attached hydrogens (tertiary/aromatic N) is 5. The van der Waals surface area contributed by atoms with E-state index in [9.17, 15) is 0 Å². The lowest BCUT2D eigenvalue weighted by molar-refractivity contribution is 0.675. The second-order valence-corrected chi connectivity index (χ2v) is 4.36. The first-order chi connectivity index (χ1) is 8.81. The zero-order chi connectivity index (χ0) is 12.5. The van der Waals surface area contributed by atoms with Gasteiger partial charge in [-0.2, -0.15) is 10.2 Å². The second-order valence-electron chi connectivity index (χ2n) is 3.97. The van der Waals surface area contributed by atoms with E-state index < -0.39 is 0 Å². The van der Waals surface area contributed by atoms with E-state index in [2.05, 4.69) is 27.2 Å². The van der Waals surface area contributed by atoms with Crippen molar-refractivity contribution in [3.8, 4) is 11.4 Å². The molecule has 0 aliphatic carbocycles. The third-order valence-electron chi connectivity index (χ3n) is 2.77. The van der Waals surface area contributed by atoms with Gasteiger partial charge in [-0.05, 0) is 18.6 Å². The van der Waals surface area contributed by atoms with Crippen LogP contribution >= 0.6 is 12.2 Å². The van der Waals surface area contributed by atoms with E-state index in [4.69, 9.17) is 12.2 Å². The van der Waals surface area contributed by atoms with E-state index in [0.717, 1.165) is 29.9 Å². The molecule has 6 nitrogen and oxygen atoms in total. The van der Waals surface area contributed by atoms with Crippen LogP contribution in [-0.4, -0.2) is 29.4 Å². The lowest BCUT2D eigenvalue weighted by atomic mass is 10.2. The van der Waals surface area contributed by atoms with Crippen LogP contribution in [0.5, 0.6) is 0 Å². The molecule has 0 spiro atoms. The molecule has 18 heavy (non-hydrogen) atoms. The van der Waals surface area contributed by atoms with Gasteiger partial charge in [0.2, 0.25) is 0 Å². The van der Waals surface area contributed by atoms with Gasteiger partial charge < -0.3 is 4.57 Å². The Morgan fingerprint density at radius 3 is 3.11 bits per heavy atom. The fraction of sp³-hybridized carbons (Fsp3) is 0.273. The Morgan fingerprint density at radius 2 is 2.28 bits per heavy atom. The highest BCUT2D eigenvalue weighted by Crippen LogP contribution is 2.22. The predicted octanol–water partition coefficient (Wildman–Crippen LogP) is 2.06. The Kier molecular flexibility index (Phi) is 2.67. The van der Waals surface area contributed by atoms with Crippen molar-refractivity contribution in [2.24, 2.45) is 0 Å². The first-order valence-electron chi connectivity index (χ1n) is 5.74. The van der Waals surface area contributed by atoms with Gasteiger partial charge in [-0.25, -0.2) is 4.52 Å². The van der Waals surface area contributed by atoms with Crippen molar-refractivity contribution in [2.75, 3.05) is 0 Å². The number of H-pyrrole nitrogens is 1. The molecule has 0 aliphatic heterocycles. The van der Waals surface area contributed by atoms with E-state index in [1.807, 2.05) is 10.8 Å². The lowest BCUT2D eigenvalue weighted by Gasteiger charge is -2.03. The lowest BCUT2D eigenvalue weighted by Crippen LogP contribution is -1.99. The maximum Gasteiger partial charge on any atom is 0.195 e. The molecule has 1 N–H and O–H groups in total. The van der Waals surface area contributed by atoms with Gasteiger partial charge in [-0.15, -0.1) is 0 Å². The third kappa shape index (κ3) is 1.63. The van der Waals surface area contributed by atoms with Gasteiger partial charge in [0, 0.05) is 18.9 Å². The highest BCUT2D eigenvalue weighted by atomic mass is 32.1. The van der Waals surface area contributed by atoms with Crippen molar-refractivity contribution in [1.82, 2.24) is 29.4 Å². The van der Waals surface area contributed by atoms with Crippen molar-refractivity contribution in [3.63, 3.8) is 0 Å². The zero-order valence-electron chi connectivity index (χ0n) is 9.87. The quantitative estimate of drug-likeness (QED) is 0.732. The minimum atomic E-state index is 0.634. The summed E-state index contributed by atoms with van der Waals surface area (Å²) in [5, 5.41) is 11.4. The Labute approximate surface area is 108 Å². The number of hydrogen-bond acceptors (Lipinski definition) is 4. The van der Waals surface area contributed by atoms with Gasteiger partial charge in [-0.3, -0.25) is 10.1 Å². The number of nitrogens with one attached hydrogen (secondary N) is 1. The highest BCUT2D eigenvalue weighted by Gasteiger charge is 2.13. The number of fused-ring (bicyclic) bond motifs is 1. The Hall–Kier alpha value is -2.02. The van der Waals surface area contributed by atoms with E-state index in [-0.39, 0.29) is 0 Å². The predicted molar refractivity (Wildman–Crippen MR) is 69.7 cm³/mol. The molecule has 3 rings (SSSR count). The second kappa shape index (κ2) is 4.34.